The summed E-state index contributed by atoms with van der Waals surface area (Å²) in [5, 5.41) is 9.19. The van der Waals surface area contributed by atoms with Crippen molar-refractivity contribution in [3.63, 3.8) is 0 Å². The van der Waals surface area contributed by atoms with Crippen molar-refractivity contribution in [2.45, 2.75) is 26.7 Å². The van der Waals surface area contributed by atoms with Gasteiger partial charge in [0.05, 0.1) is 21.7 Å². The molecule has 0 spiro atoms. The summed E-state index contributed by atoms with van der Waals surface area (Å²) in [4.78, 5) is 31.4. The number of nitrogens with one attached hydrogen (secondary N) is 2. The molecule has 1 atom stereocenters. The highest BCUT2D eigenvalue weighted by Crippen LogP contribution is 2.32. The van der Waals surface area contributed by atoms with Gasteiger partial charge in [-0.1, -0.05) is 43.1 Å². The lowest BCUT2D eigenvalue weighted by Gasteiger charge is -2.31. The van der Waals surface area contributed by atoms with Gasteiger partial charge < -0.3 is 15.5 Å². The van der Waals surface area contributed by atoms with Gasteiger partial charge in [0.15, 0.2) is 5.13 Å². The highest BCUT2D eigenvalue weighted by molar-refractivity contribution is 7.14. The quantitative estimate of drug-likeness (QED) is 0.655. The van der Waals surface area contributed by atoms with E-state index in [0.29, 0.717) is 52.1 Å². The fourth-order valence-electron chi connectivity index (χ4n) is 3.13. The van der Waals surface area contributed by atoms with Crippen LogP contribution in [0.25, 0.3) is 0 Å². The first kappa shape index (κ1) is 21.9. The fourth-order valence-corrected chi connectivity index (χ4v) is 4.18. The molecule has 1 aliphatic heterocycles. The Kier molecular flexibility index (Phi) is 7.38. The highest BCUT2D eigenvalue weighted by Gasteiger charge is 2.29. The van der Waals surface area contributed by atoms with Crippen molar-refractivity contribution >= 4 is 57.2 Å². The maximum atomic E-state index is 12.9. The summed E-state index contributed by atoms with van der Waals surface area (Å²) >= 11 is 13.5. The van der Waals surface area contributed by atoms with Crippen molar-refractivity contribution in [3.05, 3.63) is 39.3 Å². The number of likely N-dealkylation sites (tertiary alicyclic amines) is 1. The van der Waals surface area contributed by atoms with Crippen molar-refractivity contribution < 1.29 is 9.59 Å². The Morgan fingerprint density at radius 2 is 2.14 bits per heavy atom. The van der Waals surface area contributed by atoms with Crippen molar-refractivity contribution in [3.8, 4) is 0 Å². The SMILES string of the molecule is CC(C)CNC(=O)[C@@H]1CCCN(C(=O)c2csc(Nc3cccc(Cl)c3Cl)n2)C1. The summed E-state index contributed by atoms with van der Waals surface area (Å²) in [5.74, 6) is 0.0856. The molecule has 6 nitrogen and oxygen atoms in total. The fraction of sp³-hybridized carbons (Fsp3) is 0.450. The lowest BCUT2D eigenvalue weighted by Crippen LogP contribution is -2.46. The van der Waals surface area contributed by atoms with Gasteiger partial charge in [0, 0.05) is 25.0 Å². The highest BCUT2D eigenvalue weighted by atomic mass is 35.5. The van der Waals surface area contributed by atoms with Crippen LogP contribution in [-0.2, 0) is 4.79 Å². The van der Waals surface area contributed by atoms with Crippen LogP contribution in [0, 0.1) is 11.8 Å². The summed E-state index contributed by atoms with van der Waals surface area (Å²) in [6, 6.07) is 5.28. The third-order valence-electron chi connectivity index (χ3n) is 4.68. The zero-order chi connectivity index (χ0) is 21.0. The third-order valence-corrected chi connectivity index (χ3v) is 6.26. The average Bonchev–Trinajstić information content (AvgIpc) is 3.17. The minimum atomic E-state index is -0.173. The summed E-state index contributed by atoms with van der Waals surface area (Å²) in [7, 11) is 0. The number of aromatic nitrogens is 1. The molecule has 1 aromatic heterocycles. The van der Waals surface area contributed by atoms with E-state index < -0.39 is 0 Å². The third kappa shape index (κ3) is 5.62. The number of carbonyl (C=O) groups is 2. The average molecular weight is 455 g/mol. The number of halogens is 2. The molecule has 2 N–H and O–H groups in total. The Labute approximate surface area is 184 Å². The second-order valence-corrected chi connectivity index (χ2v) is 9.14. The molecule has 3 rings (SSSR count). The molecule has 0 bridgehead atoms. The number of nitrogens with zero attached hydrogens (tertiary/aromatic N) is 2. The molecule has 1 aliphatic rings. The van der Waals surface area contributed by atoms with Gasteiger partial charge in [-0.25, -0.2) is 4.98 Å². The molecule has 0 unspecified atom stereocenters. The largest absolute Gasteiger partial charge is 0.356 e. The van der Waals surface area contributed by atoms with E-state index in [1.54, 1.807) is 28.5 Å². The van der Waals surface area contributed by atoms with Gasteiger partial charge in [-0.15, -0.1) is 11.3 Å². The Balaban J connectivity index is 1.63. The van der Waals surface area contributed by atoms with Crippen LogP contribution in [0.2, 0.25) is 10.0 Å². The van der Waals surface area contributed by atoms with Crippen LogP contribution < -0.4 is 10.6 Å². The minimum absolute atomic E-state index is 0.0208. The van der Waals surface area contributed by atoms with Crippen molar-refractivity contribution in [2.75, 3.05) is 25.0 Å². The number of benzene rings is 1. The Bertz CT molecular complexity index is 887. The normalized spacial score (nSPS) is 16.7. The molecule has 2 amide bonds. The number of amides is 2. The molecule has 1 fully saturated rings. The molecule has 1 saturated heterocycles. The predicted molar refractivity (Wildman–Crippen MR) is 118 cm³/mol. The van der Waals surface area contributed by atoms with E-state index in [2.05, 4.69) is 29.5 Å². The van der Waals surface area contributed by atoms with Crippen LogP contribution in [0.4, 0.5) is 10.8 Å². The zero-order valence-electron chi connectivity index (χ0n) is 16.4. The minimum Gasteiger partial charge on any atom is -0.356 e. The molecule has 2 heterocycles. The molecule has 1 aromatic carbocycles. The maximum Gasteiger partial charge on any atom is 0.273 e. The van der Waals surface area contributed by atoms with Crippen LogP contribution in [0.5, 0.6) is 0 Å². The van der Waals surface area contributed by atoms with E-state index in [9.17, 15) is 9.59 Å². The van der Waals surface area contributed by atoms with E-state index in [0.717, 1.165) is 12.8 Å². The van der Waals surface area contributed by atoms with Gasteiger partial charge in [0.1, 0.15) is 5.69 Å². The number of hydrogen-bond acceptors (Lipinski definition) is 5. The van der Waals surface area contributed by atoms with Gasteiger partial charge in [-0.2, -0.15) is 0 Å². The molecule has 0 aliphatic carbocycles. The van der Waals surface area contributed by atoms with E-state index in [1.807, 2.05) is 0 Å². The van der Waals surface area contributed by atoms with Crippen LogP contribution in [0.15, 0.2) is 23.6 Å². The monoisotopic (exact) mass is 454 g/mol. The first-order valence-corrected chi connectivity index (χ1v) is 11.2. The van der Waals surface area contributed by atoms with Gasteiger partial charge in [-0.3, -0.25) is 9.59 Å². The molecule has 2 aromatic rings. The lowest BCUT2D eigenvalue weighted by molar-refractivity contribution is -0.126. The first-order chi connectivity index (χ1) is 13.8. The van der Waals surface area contributed by atoms with Gasteiger partial charge >= 0.3 is 0 Å². The summed E-state index contributed by atoms with van der Waals surface area (Å²) in [6.45, 7) is 5.82. The number of carbonyl (C=O) groups excluding carboxylic acids is 2. The molecule has 29 heavy (non-hydrogen) atoms. The topological polar surface area (TPSA) is 74.3 Å². The van der Waals surface area contributed by atoms with E-state index in [4.69, 9.17) is 23.2 Å². The molecular formula is C20H24Cl2N4O2S. The number of piperidine rings is 1. The number of thiazole rings is 1. The first-order valence-electron chi connectivity index (χ1n) is 9.58. The Morgan fingerprint density at radius 3 is 2.90 bits per heavy atom. The lowest BCUT2D eigenvalue weighted by atomic mass is 9.96. The van der Waals surface area contributed by atoms with Crippen LogP contribution in [0.1, 0.15) is 37.2 Å². The second kappa shape index (κ2) is 9.78. The van der Waals surface area contributed by atoms with Crippen molar-refractivity contribution in [1.29, 1.82) is 0 Å². The molecule has 156 valence electrons. The molecule has 0 radical (unpaired) electrons. The van der Waals surface area contributed by atoms with Crippen LogP contribution in [-0.4, -0.2) is 41.3 Å². The molecule has 9 heteroatoms. The van der Waals surface area contributed by atoms with E-state index >= 15 is 0 Å². The second-order valence-electron chi connectivity index (χ2n) is 7.49. The zero-order valence-corrected chi connectivity index (χ0v) is 18.7. The molecule has 0 saturated carbocycles. The Morgan fingerprint density at radius 1 is 1.34 bits per heavy atom. The Hall–Kier alpha value is -1.83. The van der Waals surface area contributed by atoms with Crippen molar-refractivity contribution in [2.24, 2.45) is 11.8 Å². The summed E-state index contributed by atoms with van der Waals surface area (Å²) in [5.41, 5.74) is 0.992. The maximum absolute atomic E-state index is 12.9. The van der Waals surface area contributed by atoms with Gasteiger partial charge in [-0.05, 0) is 30.9 Å². The number of hydrogen-bond donors (Lipinski definition) is 2. The van der Waals surface area contributed by atoms with Gasteiger partial charge in [0.2, 0.25) is 5.91 Å². The van der Waals surface area contributed by atoms with Crippen LogP contribution in [0.3, 0.4) is 0 Å². The van der Waals surface area contributed by atoms with E-state index in [-0.39, 0.29) is 17.7 Å². The van der Waals surface area contributed by atoms with Crippen molar-refractivity contribution in [1.82, 2.24) is 15.2 Å². The predicted octanol–water partition coefficient (Wildman–Crippen LogP) is 4.82. The summed E-state index contributed by atoms with van der Waals surface area (Å²) in [6.07, 6.45) is 1.60. The standard InChI is InChI=1S/C20H24Cl2N4O2S/c1-12(2)9-23-18(27)13-5-4-8-26(10-13)19(28)16-11-29-20(25-16)24-15-7-3-6-14(21)17(15)22/h3,6-7,11-13H,4-5,8-10H2,1-2H3,(H,23,27)(H,24,25)/t13-/m1/s1. The smallest absolute Gasteiger partial charge is 0.273 e. The molecular weight excluding hydrogens is 431 g/mol. The van der Waals surface area contributed by atoms with E-state index in [1.165, 1.54) is 11.3 Å². The number of anilines is 2. The summed E-state index contributed by atoms with van der Waals surface area (Å²) < 4.78 is 0. The van der Waals surface area contributed by atoms with Crippen LogP contribution >= 0.6 is 34.5 Å². The van der Waals surface area contributed by atoms with Gasteiger partial charge in [0.25, 0.3) is 5.91 Å². The number of rotatable bonds is 6.